The zero-order valence-corrected chi connectivity index (χ0v) is 11.0. The molecule has 0 unspecified atom stereocenters. The SMILES string of the molecule is CCCCOCCC=Cc1ccc(C(F)(F)F)cc1. The van der Waals surface area contributed by atoms with Crippen molar-refractivity contribution in [1.82, 2.24) is 0 Å². The molecule has 0 bridgehead atoms. The quantitative estimate of drug-likeness (QED) is 0.640. The summed E-state index contributed by atoms with van der Waals surface area (Å²) in [6.45, 7) is 3.52. The van der Waals surface area contributed by atoms with Crippen LogP contribution in [0.5, 0.6) is 0 Å². The smallest absolute Gasteiger partial charge is 0.381 e. The molecule has 1 rings (SSSR count). The van der Waals surface area contributed by atoms with Gasteiger partial charge in [0.05, 0.1) is 12.2 Å². The van der Waals surface area contributed by atoms with Crippen molar-refractivity contribution >= 4 is 6.08 Å². The molecule has 0 aliphatic carbocycles. The van der Waals surface area contributed by atoms with Gasteiger partial charge in [-0.2, -0.15) is 13.2 Å². The third-order valence-corrected chi connectivity index (χ3v) is 2.62. The third-order valence-electron chi connectivity index (χ3n) is 2.62. The van der Waals surface area contributed by atoms with Crippen LogP contribution in [0.15, 0.2) is 30.3 Å². The summed E-state index contributed by atoms with van der Waals surface area (Å²) in [5, 5.41) is 0. The molecule has 106 valence electrons. The molecule has 0 saturated carbocycles. The van der Waals surface area contributed by atoms with E-state index in [-0.39, 0.29) is 0 Å². The Morgan fingerprint density at radius 1 is 1.11 bits per heavy atom. The van der Waals surface area contributed by atoms with Gasteiger partial charge in [-0.15, -0.1) is 0 Å². The van der Waals surface area contributed by atoms with Gasteiger partial charge in [0.15, 0.2) is 0 Å². The number of benzene rings is 1. The normalized spacial score (nSPS) is 12.2. The predicted molar refractivity (Wildman–Crippen MR) is 70.8 cm³/mol. The summed E-state index contributed by atoms with van der Waals surface area (Å²) in [7, 11) is 0. The Hall–Kier alpha value is -1.29. The molecule has 0 amide bonds. The molecular weight excluding hydrogens is 253 g/mol. The lowest BCUT2D eigenvalue weighted by Crippen LogP contribution is -2.03. The minimum atomic E-state index is -4.27. The van der Waals surface area contributed by atoms with Crippen molar-refractivity contribution in [2.45, 2.75) is 32.4 Å². The molecule has 0 N–H and O–H groups in total. The van der Waals surface area contributed by atoms with Crippen LogP contribution in [0.1, 0.15) is 37.3 Å². The average Bonchev–Trinajstić information content (AvgIpc) is 2.37. The zero-order valence-electron chi connectivity index (χ0n) is 11.0. The van der Waals surface area contributed by atoms with Crippen molar-refractivity contribution in [2.24, 2.45) is 0 Å². The van der Waals surface area contributed by atoms with Gasteiger partial charge < -0.3 is 4.74 Å². The molecule has 19 heavy (non-hydrogen) atoms. The van der Waals surface area contributed by atoms with Crippen LogP contribution < -0.4 is 0 Å². The van der Waals surface area contributed by atoms with Crippen LogP contribution >= 0.6 is 0 Å². The highest BCUT2D eigenvalue weighted by molar-refractivity contribution is 5.49. The van der Waals surface area contributed by atoms with E-state index in [1.165, 1.54) is 12.1 Å². The standard InChI is InChI=1S/C15H19F3O/c1-2-3-11-19-12-5-4-6-13-7-9-14(10-8-13)15(16,17)18/h4,6-10H,2-3,5,11-12H2,1H3. The monoisotopic (exact) mass is 272 g/mol. The Labute approximate surface area is 112 Å². The molecule has 0 aromatic heterocycles. The summed E-state index contributed by atoms with van der Waals surface area (Å²) in [4.78, 5) is 0. The minimum Gasteiger partial charge on any atom is -0.381 e. The van der Waals surface area contributed by atoms with E-state index in [4.69, 9.17) is 4.74 Å². The van der Waals surface area contributed by atoms with Crippen LogP contribution in [0.2, 0.25) is 0 Å². The topological polar surface area (TPSA) is 9.23 Å². The molecule has 0 spiro atoms. The van der Waals surface area contributed by atoms with Crippen LogP contribution in [-0.4, -0.2) is 13.2 Å². The van der Waals surface area contributed by atoms with Crippen LogP contribution in [0.3, 0.4) is 0 Å². The number of alkyl halides is 3. The molecule has 0 aliphatic heterocycles. The first kappa shape index (κ1) is 15.8. The average molecular weight is 272 g/mol. The van der Waals surface area contributed by atoms with Gasteiger partial charge in [-0.25, -0.2) is 0 Å². The van der Waals surface area contributed by atoms with Crippen LogP contribution in [-0.2, 0) is 10.9 Å². The zero-order chi connectivity index (χ0) is 14.1. The molecular formula is C15H19F3O. The highest BCUT2D eigenvalue weighted by atomic mass is 19.4. The molecule has 0 aliphatic rings. The largest absolute Gasteiger partial charge is 0.416 e. The number of ether oxygens (including phenoxy) is 1. The molecule has 0 saturated heterocycles. The molecule has 1 aromatic carbocycles. The Bertz CT molecular complexity index is 379. The van der Waals surface area contributed by atoms with Gasteiger partial charge >= 0.3 is 6.18 Å². The number of halogens is 3. The molecule has 0 fully saturated rings. The van der Waals surface area contributed by atoms with Crippen molar-refractivity contribution in [1.29, 1.82) is 0 Å². The van der Waals surface area contributed by atoms with Gasteiger partial charge in [0.25, 0.3) is 0 Å². The maximum absolute atomic E-state index is 12.3. The molecule has 4 heteroatoms. The lowest BCUT2D eigenvalue weighted by Gasteiger charge is -2.05. The molecule has 1 aromatic rings. The summed E-state index contributed by atoms with van der Waals surface area (Å²) in [6, 6.07) is 5.13. The lowest BCUT2D eigenvalue weighted by molar-refractivity contribution is -0.137. The predicted octanol–water partition coefficient (Wildman–Crippen LogP) is 4.93. The Kier molecular flexibility index (Phi) is 6.64. The van der Waals surface area contributed by atoms with Gasteiger partial charge in [0.2, 0.25) is 0 Å². The summed E-state index contributed by atoms with van der Waals surface area (Å²) >= 11 is 0. The van der Waals surface area contributed by atoms with E-state index in [2.05, 4.69) is 6.92 Å². The summed E-state index contributed by atoms with van der Waals surface area (Å²) in [5.74, 6) is 0. The number of hydrogen-bond acceptors (Lipinski definition) is 1. The Morgan fingerprint density at radius 2 is 1.79 bits per heavy atom. The molecule has 0 heterocycles. The van der Waals surface area contributed by atoms with Crippen LogP contribution in [0.25, 0.3) is 6.08 Å². The van der Waals surface area contributed by atoms with E-state index < -0.39 is 11.7 Å². The molecule has 1 nitrogen and oxygen atoms in total. The fourth-order valence-electron chi connectivity index (χ4n) is 1.50. The van der Waals surface area contributed by atoms with Gasteiger partial charge in [0, 0.05) is 6.61 Å². The highest BCUT2D eigenvalue weighted by Crippen LogP contribution is 2.29. The Balaban J connectivity index is 2.33. The second kappa shape index (κ2) is 8.00. The fourth-order valence-corrected chi connectivity index (χ4v) is 1.50. The number of hydrogen-bond donors (Lipinski definition) is 0. The molecule has 0 radical (unpaired) electrons. The second-order valence-corrected chi connectivity index (χ2v) is 4.28. The van der Waals surface area contributed by atoms with E-state index in [1.54, 1.807) is 0 Å². The van der Waals surface area contributed by atoms with Gasteiger partial charge in [-0.05, 0) is 30.5 Å². The van der Waals surface area contributed by atoms with Crippen LogP contribution in [0, 0.1) is 0 Å². The summed E-state index contributed by atoms with van der Waals surface area (Å²) in [6.07, 6.45) is 2.39. The summed E-state index contributed by atoms with van der Waals surface area (Å²) in [5.41, 5.74) is 0.147. The molecule has 0 atom stereocenters. The van der Waals surface area contributed by atoms with Crippen LogP contribution in [0.4, 0.5) is 13.2 Å². The van der Waals surface area contributed by atoms with E-state index in [9.17, 15) is 13.2 Å². The van der Waals surface area contributed by atoms with Gasteiger partial charge in [-0.1, -0.05) is 37.6 Å². The van der Waals surface area contributed by atoms with Crippen molar-refractivity contribution in [3.8, 4) is 0 Å². The van der Waals surface area contributed by atoms with Crippen molar-refractivity contribution in [3.05, 3.63) is 41.5 Å². The minimum absolute atomic E-state index is 0.618. The number of unbranched alkanes of at least 4 members (excludes halogenated alkanes) is 1. The van der Waals surface area contributed by atoms with E-state index in [0.29, 0.717) is 6.61 Å². The highest BCUT2D eigenvalue weighted by Gasteiger charge is 2.29. The second-order valence-electron chi connectivity index (χ2n) is 4.28. The first-order valence-corrected chi connectivity index (χ1v) is 6.45. The summed E-state index contributed by atoms with van der Waals surface area (Å²) < 4.78 is 42.4. The van der Waals surface area contributed by atoms with Gasteiger partial charge in [0.1, 0.15) is 0 Å². The number of rotatable bonds is 7. The van der Waals surface area contributed by atoms with Gasteiger partial charge in [-0.3, -0.25) is 0 Å². The lowest BCUT2D eigenvalue weighted by atomic mass is 10.1. The van der Waals surface area contributed by atoms with E-state index >= 15 is 0 Å². The van der Waals surface area contributed by atoms with E-state index in [1.807, 2.05) is 12.2 Å². The Morgan fingerprint density at radius 3 is 2.37 bits per heavy atom. The van der Waals surface area contributed by atoms with Crippen molar-refractivity contribution in [3.63, 3.8) is 0 Å². The fraction of sp³-hybridized carbons (Fsp3) is 0.467. The maximum atomic E-state index is 12.3. The first-order valence-electron chi connectivity index (χ1n) is 6.45. The maximum Gasteiger partial charge on any atom is 0.416 e. The first-order chi connectivity index (χ1) is 9.04. The van der Waals surface area contributed by atoms with Crippen molar-refractivity contribution in [2.75, 3.05) is 13.2 Å². The van der Waals surface area contributed by atoms with E-state index in [0.717, 1.165) is 43.6 Å². The van der Waals surface area contributed by atoms with Crippen molar-refractivity contribution < 1.29 is 17.9 Å². The third kappa shape index (κ3) is 6.43.